The molecule has 0 bridgehead atoms. The highest BCUT2D eigenvalue weighted by molar-refractivity contribution is 5.94. The van der Waals surface area contributed by atoms with E-state index in [9.17, 15) is 4.79 Å². The molecule has 24 heavy (non-hydrogen) atoms. The number of carbonyl (C=O) groups excluding carboxylic acids is 1. The van der Waals surface area contributed by atoms with E-state index in [1.54, 1.807) is 13.3 Å². The van der Waals surface area contributed by atoms with E-state index < -0.39 is 0 Å². The highest BCUT2D eigenvalue weighted by atomic mass is 16.5. The fraction of sp³-hybridized carbons (Fsp3) is 0.400. The SMILES string of the molecule is COCCN(Cc1ccccn1)C(=O)c1ccc2c(c1)CCCC2. The third kappa shape index (κ3) is 4.01. The average molecular weight is 324 g/mol. The third-order valence-electron chi connectivity index (χ3n) is 4.53. The number of fused-ring (bicyclic) bond motifs is 1. The lowest BCUT2D eigenvalue weighted by molar-refractivity contribution is 0.0678. The standard InChI is InChI=1S/C20H24N2O2/c1-24-13-12-22(15-19-8-4-5-11-21-19)20(23)18-10-9-16-6-2-3-7-17(16)14-18/h4-5,8-11,14H,2-3,6-7,12-13,15H2,1H3. The maximum atomic E-state index is 13.0. The molecule has 126 valence electrons. The minimum absolute atomic E-state index is 0.0473. The molecule has 1 aromatic carbocycles. The average Bonchev–Trinajstić information content (AvgIpc) is 2.65. The van der Waals surface area contributed by atoms with E-state index in [1.807, 2.05) is 29.2 Å². The zero-order valence-electron chi connectivity index (χ0n) is 14.2. The maximum absolute atomic E-state index is 13.0. The Labute approximate surface area is 143 Å². The van der Waals surface area contributed by atoms with Gasteiger partial charge in [-0.3, -0.25) is 9.78 Å². The van der Waals surface area contributed by atoms with Crippen LogP contribution in [0.5, 0.6) is 0 Å². The number of methoxy groups -OCH3 is 1. The molecule has 1 amide bonds. The molecule has 0 aliphatic heterocycles. The Morgan fingerprint density at radius 1 is 1.17 bits per heavy atom. The summed E-state index contributed by atoms with van der Waals surface area (Å²) in [5, 5.41) is 0. The van der Waals surface area contributed by atoms with Crippen LogP contribution in [0.1, 0.15) is 40.0 Å². The summed E-state index contributed by atoms with van der Waals surface area (Å²) >= 11 is 0. The van der Waals surface area contributed by atoms with Crippen molar-refractivity contribution in [2.45, 2.75) is 32.2 Å². The molecule has 0 saturated heterocycles. The van der Waals surface area contributed by atoms with Crippen molar-refractivity contribution in [3.05, 3.63) is 65.0 Å². The van der Waals surface area contributed by atoms with Crippen LogP contribution in [0.15, 0.2) is 42.6 Å². The number of aromatic nitrogens is 1. The van der Waals surface area contributed by atoms with Crippen molar-refractivity contribution in [2.75, 3.05) is 20.3 Å². The zero-order chi connectivity index (χ0) is 16.8. The highest BCUT2D eigenvalue weighted by Crippen LogP contribution is 2.23. The molecule has 1 aliphatic carbocycles. The van der Waals surface area contributed by atoms with Gasteiger partial charge in [0.15, 0.2) is 0 Å². The van der Waals surface area contributed by atoms with E-state index in [2.05, 4.69) is 17.1 Å². The first kappa shape index (κ1) is 16.7. The molecule has 0 N–H and O–H groups in total. The van der Waals surface area contributed by atoms with Crippen molar-refractivity contribution in [3.63, 3.8) is 0 Å². The number of rotatable bonds is 6. The van der Waals surface area contributed by atoms with Gasteiger partial charge in [0.1, 0.15) is 0 Å². The molecule has 0 atom stereocenters. The van der Waals surface area contributed by atoms with Crippen LogP contribution in [0.4, 0.5) is 0 Å². The van der Waals surface area contributed by atoms with E-state index in [4.69, 9.17) is 4.74 Å². The summed E-state index contributed by atoms with van der Waals surface area (Å²) in [6.07, 6.45) is 6.43. The smallest absolute Gasteiger partial charge is 0.254 e. The Hall–Kier alpha value is -2.20. The summed E-state index contributed by atoms with van der Waals surface area (Å²) in [7, 11) is 1.66. The minimum atomic E-state index is 0.0473. The van der Waals surface area contributed by atoms with Crippen molar-refractivity contribution < 1.29 is 9.53 Å². The van der Waals surface area contributed by atoms with Crippen molar-refractivity contribution in [1.29, 1.82) is 0 Å². The number of ether oxygens (including phenoxy) is 1. The Morgan fingerprint density at radius 3 is 2.75 bits per heavy atom. The lowest BCUT2D eigenvalue weighted by Gasteiger charge is -2.23. The van der Waals surface area contributed by atoms with Crippen molar-refractivity contribution >= 4 is 5.91 Å². The topological polar surface area (TPSA) is 42.4 Å². The summed E-state index contributed by atoms with van der Waals surface area (Å²) in [6.45, 7) is 1.58. The van der Waals surface area contributed by atoms with Gasteiger partial charge in [-0.1, -0.05) is 12.1 Å². The highest BCUT2D eigenvalue weighted by Gasteiger charge is 2.18. The van der Waals surface area contributed by atoms with Gasteiger partial charge >= 0.3 is 0 Å². The van der Waals surface area contributed by atoms with Crippen LogP contribution >= 0.6 is 0 Å². The molecule has 4 heteroatoms. The number of benzene rings is 1. The van der Waals surface area contributed by atoms with E-state index in [0.29, 0.717) is 19.7 Å². The molecule has 0 fully saturated rings. The van der Waals surface area contributed by atoms with Gasteiger partial charge in [-0.2, -0.15) is 0 Å². The van der Waals surface area contributed by atoms with E-state index >= 15 is 0 Å². The lowest BCUT2D eigenvalue weighted by atomic mass is 9.90. The first-order chi connectivity index (χ1) is 11.8. The van der Waals surface area contributed by atoms with Crippen molar-refractivity contribution in [1.82, 2.24) is 9.88 Å². The Balaban J connectivity index is 1.79. The van der Waals surface area contributed by atoms with Gasteiger partial charge < -0.3 is 9.64 Å². The summed E-state index contributed by atoms with van der Waals surface area (Å²) in [5.41, 5.74) is 4.38. The molecule has 1 heterocycles. The predicted octanol–water partition coefficient (Wildman–Crippen LogP) is 3.25. The summed E-state index contributed by atoms with van der Waals surface area (Å²) < 4.78 is 5.17. The number of pyridine rings is 1. The van der Waals surface area contributed by atoms with E-state index in [-0.39, 0.29) is 5.91 Å². The molecule has 2 aromatic rings. The number of hydrogen-bond donors (Lipinski definition) is 0. The quantitative estimate of drug-likeness (QED) is 0.819. The molecule has 0 unspecified atom stereocenters. The number of hydrogen-bond acceptors (Lipinski definition) is 3. The monoisotopic (exact) mass is 324 g/mol. The molecule has 0 radical (unpaired) electrons. The van der Waals surface area contributed by atoms with Gasteiger partial charge in [0.25, 0.3) is 5.91 Å². The van der Waals surface area contributed by atoms with Gasteiger partial charge in [0.2, 0.25) is 0 Å². The molecule has 4 nitrogen and oxygen atoms in total. The van der Waals surface area contributed by atoms with Crippen molar-refractivity contribution in [3.8, 4) is 0 Å². The summed E-state index contributed by atoms with van der Waals surface area (Å²) in [5.74, 6) is 0.0473. The number of amides is 1. The number of carbonyl (C=O) groups is 1. The van der Waals surface area contributed by atoms with Crippen LogP contribution in [-0.2, 0) is 24.1 Å². The molecule has 0 saturated carbocycles. The van der Waals surface area contributed by atoms with Crippen LogP contribution < -0.4 is 0 Å². The molecule has 0 spiro atoms. The summed E-state index contributed by atoms with van der Waals surface area (Å²) in [4.78, 5) is 19.1. The van der Waals surface area contributed by atoms with E-state index in [1.165, 1.54) is 24.0 Å². The molecular formula is C20H24N2O2. The van der Waals surface area contributed by atoms with Crippen LogP contribution in [0.25, 0.3) is 0 Å². The largest absolute Gasteiger partial charge is 0.383 e. The minimum Gasteiger partial charge on any atom is -0.383 e. The van der Waals surface area contributed by atoms with Gasteiger partial charge in [-0.15, -0.1) is 0 Å². The second-order valence-electron chi connectivity index (χ2n) is 6.23. The van der Waals surface area contributed by atoms with Crippen LogP contribution in [0, 0.1) is 0 Å². The lowest BCUT2D eigenvalue weighted by Crippen LogP contribution is -2.34. The maximum Gasteiger partial charge on any atom is 0.254 e. The number of nitrogens with zero attached hydrogens (tertiary/aromatic N) is 2. The van der Waals surface area contributed by atoms with Crippen LogP contribution in [0.3, 0.4) is 0 Å². The van der Waals surface area contributed by atoms with Gasteiger partial charge in [0, 0.05) is 25.4 Å². The first-order valence-corrected chi connectivity index (χ1v) is 8.58. The van der Waals surface area contributed by atoms with Gasteiger partial charge in [-0.25, -0.2) is 0 Å². The van der Waals surface area contributed by atoms with Crippen molar-refractivity contribution in [2.24, 2.45) is 0 Å². The molecule has 3 rings (SSSR count). The predicted molar refractivity (Wildman–Crippen MR) is 93.9 cm³/mol. The fourth-order valence-electron chi connectivity index (χ4n) is 3.19. The van der Waals surface area contributed by atoms with E-state index in [0.717, 1.165) is 24.1 Å². The molecule has 1 aliphatic rings. The summed E-state index contributed by atoms with van der Waals surface area (Å²) in [6, 6.07) is 11.9. The zero-order valence-corrected chi connectivity index (χ0v) is 14.2. The Bertz CT molecular complexity index is 685. The molecule has 1 aromatic heterocycles. The second kappa shape index (κ2) is 8.06. The van der Waals surface area contributed by atoms with Gasteiger partial charge in [0.05, 0.1) is 18.8 Å². The molecular weight excluding hydrogens is 300 g/mol. The first-order valence-electron chi connectivity index (χ1n) is 8.58. The number of aryl methyl sites for hydroxylation is 2. The van der Waals surface area contributed by atoms with Gasteiger partial charge in [-0.05, 0) is 61.1 Å². The normalized spacial score (nSPS) is 13.4. The third-order valence-corrected chi connectivity index (χ3v) is 4.53. The van der Waals surface area contributed by atoms with Crippen LogP contribution in [-0.4, -0.2) is 36.1 Å². The van der Waals surface area contributed by atoms with Crippen LogP contribution in [0.2, 0.25) is 0 Å². The fourth-order valence-corrected chi connectivity index (χ4v) is 3.19. The second-order valence-corrected chi connectivity index (χ2v) is 6.23. The Morgan fingerprint density at radius 2 is 2.00 bits per heavy atom. The Kier molecular flexibility index (Phi) is 5.59.